The topological polar surface area (TPSA) is 27.7 Å². The molecule has 0 saturated carbocycles. The summed E-state index contributed by atoms with van der Waals surface area (Å²) in [5.74, 6) is 0.337. The highest BCUT2D eigenvalue weighted by atomic mass is 16.5. The molecule has 1 fully saturated rings. The fraction of sp³-hybridized carbons (Fsp3) is 0.250. The van der Waals surface area contributed by atoms with Crippen LogP contribution in [0.4, 0.5) is 0 Å². The van der Waals surface area contributed by atoms with Gasteiger partial charge >= 0.3 is 0 Å². The van der Waals surface area contributed by atoms with Crippen molar-refractivity contribution in [3.05, 3.63) is 144 Å². The fourth-order valence-electron chi connectivity index (χ4n) is 4.94. The Labute approximate surface area is 208 Å². The van der Waals surface area contributed by atoms with Crippen LogP contribution < -0.4 is 0 Å². The Morgan fingerprint density at radius 1 is 0.457 bits per heavy atom. The molecule has 1 heterocycles. The van der Waals surface area contributed by atoms with Gasteiger partial charge in [0, 0.05) is 11.8 Å². The molecule has 1 saturated heterocycles. The van der Waals surface area contributed by atoms with Gasteiger partial charge in [0.15, 0.2) is 0 Å². The van der Waals surface area contributed by atoms with E-state index in [0.717, 1.165) is 0 Å². The van der Waals surface area contributed by atoms with Gasteiger partial charge in [-0.2, -0.15) is 0 Å². The van der Waals surface area contributed by atoms with Crippen molar-refractivity contribution in [2.24, 2.45) is 11.8 Å². The number of rotatable bonds is 10. The summed E-state index contributed by atoms with van der Waals surface area (Å²) >= 11 is 0. The van der Waals surface area contributed by atoms with Crippen LogP contribution in [0, 0.1) is 11.8 Å². The predicted molar refractivity (Wildman–Crippen MR) is 139 cm³/mol. The lowest BCUT2D eigenvalue weighted by Crippen LogP contribution is -2.26. The quantitative estimate of drug-likeness (QED) is 0.249. The highest BCUT2D eigenvalue weighted by Gasteiger charge is 2.45. The lowest BCUT2D eigenvalue weighted by Gasteiger charge is -2.25. The lowest BCUT2D eigenvalue weighted by molar-refractivity contribution is 0.00771. The number of ether oxygens (including phenoxy) is 3. The molecule has 0 amide bonds. The van der Waals surface area contributed by atoms with Crippen LogP contribution in [-0.2, 0) is 27.4 Å². The Morgan fingerprint density at radius 2 is 0.800 bits per heavy atom. The Kier molecular flexibility index (Phi) is 8.02. The first kappa shape index (κ1) is 23.5. The van der Waals surface area contributed by atoms with Crippen molar-refractivity contribution in [3.63, 3.8) is 0 Å². The molecule has 0 unspecified atom stereocenters. The molecule has 5 rings (SSSR count). The van der Waals surface area contributed by atoms with E-state index in [1.54, 1.807) is 0 Å². The Balaban J connectivity index is 1.38. The number of hydrogen-bond donors (Lipinski definition) is 0. The van der Waals surface area contributed by atoms with Gasteiger partial charge in [-0.15, -0.1) is 0 Å². The third-order valence-corrected chi connectivity index (χ3v) is 6.72. The normalized spacial score (nSPS) is 21.7. The van der Waals surface area contributed by atoms with Gasteiger partial charge in [-0.25, -0.2) is 0 Å². The van der Waals surface area contributed by atoms with Crippen LogP contribution in [0.2, 0.25) is 0 Å². The van der Waals surface area contributed by atoms with E-state index in [2.05, 4.69) is 109 Å². The van der Waals surface area contributed by atoms with Crippen molar-refractivity contribution in [3.8, 4) is 0 Å². The second-order valence-corrected chi connectivity index (χ2v) is 9.13. The van der Waals surface area contributed by atoms with E-state index in [1.807, 2.05) is 12.1 Å². The summed E-state index contributed by atoms with van der Waals surface area (Å²) in [5, 5.41) is 0. The van der Waals surface area contributed by atoms with Gasteiger partial charge in [-0.1, -0.05) is 121 Å². The van der Waals surface area contributed by atoms with Crippen LogP contribution in [0.1, 0.15) is 34.5 Å². The molecule has 4 atom stereocenters. The molecule has 4 aromatic carbocycles. The molecular weight excluding hydrogens is 432 g/mol. The molecule has 0 N–H and O–H groups in total. The van der Waals surface area contributed by atoms with E-state index < -0.39 is 0 Å². The van der Waals surface area contributed by atoms with E-state index in [4.69, 9.17) is 14.2 Å². The van der Waals surface area contributed by atoms with Crippen molar-refractivity contribution in [1.29, 1.82) is 0 Å². The van der Waals surface area contributed by atoms with Gasteiger partial charge in [0.05, 0.1) is 38.6 Å². The molecule has 35 heavy (non-hydrogen) atoms. The smallest absolute Gasteiger partial charge is 0.0888 e. The van der Waals surface area contributed by atoms with Crippen molar-refractivity contribution in [2.75, 3.05) is 13.2 Å². The summed E-state index contributed by atoms with van der Waals surface area (Å²) in [5.41, 5.74) is 4.73. The summed E-state index contributed by atoms with van der Waals surface area (Å²) in [6, 6.07) is 41.7. The van der Waals surface area contributed by atoms with Crippen molar-refractivity contribution >= 4 is 0 Å². The van der Waals surface area contributed by atoms with E-state index in [0.29, 0.717) is 26.4 Å². The van der Waals surface area contributed by atoms with Crippen LogP contribution in [0.5, 0.6) is 0 Å². The molecule has 0 aromatic heterocycles. The van der Waals surface area contributed by atoms with Gasteiger partial charge in [0.1, 0.15) is 0 Å². The van der Waals surface area contributed by atoms with Gasteiger partial charge in [-0.3, -0.25) is 0 Å². The van der Waals surface area contributed by atoms with Crippen LogP contribution in [0.25, 0.3) is 0 Å². The van der Waals surface area contributed by atoms with Gasteiger partial charge in [0.25, 0.3) is 0 Å². The van der Waals surface area contributed by atoms with E-state index in [-0.39, 0.29) is 24.0 Å². The van der Waals surface area contributed by atoms with Gasteiger partial charge in [-0.05, 0) is 22.3 Å². The highest BCUT2D eigenvalue weighted by Crippen LogP contribution is 2.49. The fourth-order valence-corrected chi connectivity index (χ4v) is 4.94. The lowest BCUT2D eigenvalue weighted by atomic mass is 9.83. The zero-order chi connectivity index (χ0) is 23.7. The highest BCUT2D eigenvalue weighted by molar-refractivity contribution is 5.25. The first-order valence-corrected chi connectivity index (χ1v) is 12.4. The third kappa shape index (κ3) is 6.07. The maximum atomic E-state index is 6.80. The Bertz CT molecular complexity index is 1040. The monoisotopic (exact) mass is 464 g/mol. The maximum absolute atomic E-state index is 6.80. The Morgan fingerprint density at radius 3 is 1.17 bits per heavy atom. The zero-order valence-electron chi connectivity index (χ0n) is 19.9. The summed E-state index contributed by atoms with van der Waals surface area (Å²) < 4.78 is 19.4. The summed E-state index contributed by atoms with van der Waals surface area (Å²) in [7, 11) is 0. The van der Waals surface area contributed by atoms with Crippen LogP contribution in [0.15, 0.2) is 121 Å². The second kappa shape index (κ2) is 11.9. The van der Waals surface area contributed by atoms with E-state index in [9.17, 15) is 0 Å². The van der Waals surface area contributed by atoms with E-state index in [1.165, 1.54) is 22.3 Å². The first-order chi connectivity index (χ1) is 17.4. The summed E-state index contributed by atoms with van der Waals surface area (Å²) in [6.07, 6.45) is -0.106. The minimum Gasteiger partial charge on any atom is -0.376 e. The second-order valence-electron chi connectivity index (χ2n) is 9.13. The van der Waals surface area contributed by atoms with Crippen LogP contribution >= 0.6 is 0 Å². The minimum atomic E-state index is -0.0532. The molecule has 0 radical (unpaired) electrons. The maximum Gasteiger partial charge on any atom is 0.0888 e. The Hall–Kier alpha value is -3.24. The molecular formula is C32H32O3. The molecule has 0 bridgehead atoms. The first-order valence-electron chi connectivity index (χ1n) is 12.4. The molecule has 178 valence electrons. The average molecular weight is 465 g/mol. The molecule has 3 nitrogen and oxygen atoms in total. The third-order valence-electron chi connectivity index (χ3n) is 6.72. The van der Waals surface area contributed by atoms with Crippen molar-refractivity contribution in [1.82, 2.24) is 0 Å². The molecule has 0 aliphatic carbocycles. The minimum absolute atomic E-state index is 0.0532. The molecule has 0 spiro atoms. The largest absolute Gasteiger partial charge is 0.376 e. The summed E-state index contributed by atoms with van der Waals surface area (Å²) in [6.45, 7) is 2.40. The van der Waals surface area contributed by atoms with Gasteiger partial charge < -0.3 is 14.2 Å². The zero-order valence-corrected chi connectivity index (χ0v) is 19.9. The molecule has 3 heteroatoms. The van der Waals surface area contributed by atoms with Crippen molar-refractivity contribution in [2.45, 2.75) is 25.4 Å². The number of benzene rings is 4. The SMILES string of the molecule is c1ccc(COC[C@@H]2[C@@H](COCc3ccccc3)[C@H](c3ccccc3)O[C@@H]2c2ccccc2)cc1. The average Bonchev–Trinajstić information content (AvgIpc) is 3.29. The van der Waals surface area contributed by atoms with E-state index >= 15 is 0 Å². The number of hydrogen-bond acceptors (Lipinski definition) is 3. The molecule has 1 aliphatic heterocycles. The van der Waals surface area contributed by atoms with Crippen LogP contribution in [0.3, 0.4) is 0 Å². The van der Waals surface area contributed by atoms with Crippen molar-refractivity contribution < 1.29 is 14.2 Å². The summed E-state index contributed by atoms with van der Waals surface area (Å²) in [4.78, 5) is 0. The molecule has 1 aliphatic rings. The molecule has 4 aromatic rings. The van der Waals surface area contributed by atoms with Crippen LogP contribution in [-0.4, -0.2) is 13.2 Å². The predicted octanol–water partition coefficient (Wildman–Crippen LogP) is 7.17. The standard InChI is InChI=1S/C32H32O3/c1-5-13-25(14-6-1)21-33-23-29-30(24-34-22-26-15-7-2-8-16-26)32(28-19-11-4-12-20-28)35-31(29)27-17-9-3-10-18-27/h1-20,29-32H,21-24H2/t29-,30-,31-,32+/m1/s1. The van der Waals surface area contributed by atoms with Gasteiger partial charge in [0.2, 0.25) is 0 Å².